The maximum atomic E-state index is 14.3. The maximum absolute atomic E-state index is 14.3. The van der Waals surface area contributed by atoms with Gasteiger partial charge >= 0.3 is 0 Å². The van der Waals surface area contributed by atoms with Gasteiger partial charge < -0.3 is 14.4 Å². The van der Waals surface area contributed by atoms with Gasteiger partial charge in [0.05, 0.1) is 37.0 Å². The van der Waals surface area contributed by atoms with Gasteiger partial charge in [-0.2, -0.15) is 0 Å². The Labute approximate surface area is 115 Å². The number of nitrogens with zero attached hydrogens (tertiary/aromatic N) is 2. The van der Waals surface area contributed by atoms with Gasteiger partial charge in [0.25, 0.3) is 0 Å². The van der Waals surface area contributed by atoms with E-state index in [4.69, 9.17) is 4.74 Å². The molecule has 3 heterocycles. The highest BCUT2D eigenvalue weighted by Crippen LogP contribution is 2.45. The molecule has 1 N–H and O–H groups in total. The van der Waals surface area contributed by atoms with E-state index < -0.39 is 6.10 Å². The number of ether oxygens (including phenoxy) is 1. The fourth-order valence-electron chi connectivity index (χ4n) is 3.41. The summed E-state index contributed by atoms with van der Waals surface area (Å²) >= 11 is 0. The highest BCUT2D eigenvalue weighted by Gasteiger charge is 2.40. The summed E-state index contributed by atoms with van der Waals surface area (Å²) in [6.07, 6.45) is 3.57. The highest BCUT2D eigenvalue weighted by molar-refractivity contribution is 5.69. The van der Waals surface area contributed by atoms with E-state index in [2.05, 4.69) is 4.98 Å². The van der Waals surface area contributed by atoms with Crippen molar-refractivity contribution in [2.75, 3.05) is 13.2 Å². The van der Waals surface area contributed by atoms with E-state index in [1.807, 2.05) is 10.6 Å². The number of hydrogen-bond acceptors (Lipinski definition) is 3. The molecule has 0 spiro atoms. The van der Waals surface area contributed by atoms with Gasteiger partial charge in [-0.25, -0.2) is 9.37 Å². The molecule has 20 heavy (non-hydrogen) atoms. The zero-order valence-corrected chi connectivity index (χ0v) is 10.9. The van der Waals surface area contributed by atoms with E-state index in [1.165, 1.54) is 6.07 Å². The minimum atomic E-state index is -0.477. The monoisotopic (exact) mass is 274 g/mol. The first-order valence-electron chi connectivity index (χ1n) is 6.84. The summed E-state index contributed by atoms with van der Waals surface area (Å²) in [6.45, 7) is 1.00. The second-order valence-electron chi connectivity index (χ2n) is 5.43. The normalized spacial score (nSPS) is 28.2. The molecule has 1 aromatic carbocycles. The largest absolute Gasteiger partial charge is 0.393 e. The van der Waals surface area contributed by atoms with Gasteiger partial charge in [-0.1, -0.05) is 12.1 Å². The van der Waals surface area contributed by atoms with E-state index in [1.54, 1.807) is 18.6 Å². The van der Waals surface area contributed by atoms with Crippen LogP contribution in [0.25, 0.3) is 11.3 Å². The number of halogens is 1. The summed E-state index contributed by atoms with van der Waals surface area (Å²) in [5, 5.41) is 10.3. The number of hydrogen-bond donors (Lipinski definition) is 1. The quantitative estimate of drug-likeness (QED) is 0.865. The third-order valence-corrected chi connectivity index (χ3v) is 4.36. The van der Waals surface area contributed by atoms with Crippen molar-refractivity contribution in [3.63, 3.8) is 0 Å². The Morgan fingerprint density at radius 2 is 2.30 bits per heavy atom. The van der Waals surface area contributed by atoms with Gasteiger partial charge in [-0.05, 0) is 12.5 Å². The van der Waals surface area contributed by atoms with Crippen molar-refractivity contribution in [2.45, 2.75) is 18.6 Å². The summed E-state index contributed by atoms with van der Waals surface area (Å²) in [6, 6.07) is 4.85. The minimum absolute atomic E-state index is 0.144. The van der Waals surface area contributed by atoms with Gasteiger partial charge in [0.2, 0.25) is 0 Å². The number of rotatable bonds is 1. The first-order chi connectivity index (χ1) is 9.77. The van der Waals surface area contributed by atoms with Crippen molar-refractivity contribution in [3.05, 3.63) is 42.1 Å². The van der Waals surface area contributed by atoms with E-state index in [0.717, 1.165) is 11.3 Å². The fraction of sp³-hybridized carbons (Fsp3) is 0.400. The molecule has 0 amide bonds. The van der Waals surface area contributed by atoms with Crippen molar-refractivity contribution in [1.29, 1.82) is 0 Å². The molecule has 0 unspecified atom stereocenters. The van der Waals surface area contributed by atoms with Crippen molar-refractivity contribution < 1.29 is 14.2 Å². The number of imidazole rings is 1. The third kappa shape index (κ3) is 1.57. The number of fused-ring (bicyclic) bond motifs is 3. The molecular weight excluding hydrogens is 259 g/mol. The van der Waals surface area contributed by atoms with Crippen molar-refractivity contribution in [3.8, 4) is 11.3 Å². The molecule has 4 nitrogen and oxygen atoms in total. The van der Waals surface area contributed by atoms with Gasteiger partial charge in [-0.15, -0.1) is 0 Å². The van der Waals surface area contributed by atoms with Crippen LogP contribution in [0.4, 0.5) is 4.39 Å². The Morgan fingerprint density at radius 3 is 3.15 bits per heavy atom. The van der Waals surface area contributed by atoms with Crippen LogP contribution in [0.1, 0.15) is 18.0 Å². The topological polar surface area (TPSA) is 47.3 Å². The zero-order chi connectivity index (χ0) is 13.7. The minimum Gasteiger partial charge on any atom is -0.393 e. The number of aliphatic hydroxyl groups excluding tert-OH is 1. The smallest absolute Gasteiger partial charge is 0.129 e. The summed E-state index contributed by atoms with van der Waals surface area (Å²) in [4.78, 5) is 4.16. The first kappa shape index (κ1) is 12.1. The Bertz CT molecular complexity index is 655. The van der Waals surface area contributed by atoms with Crippen LogP contribution in [-0.2, 0) is 4.74 Å². The van der Waals surface area contributed by atoms with Crippen molar-refractivity contribution in [1.82, 2.24) is 9.55 Å². The van der Waals surface area contributed by atoms with Crippen LogP contribution in [0.15, 0.2) is 30.7 Å². The Balaban J connectivity index is 1.88. The van der Waals surface area contributed by atoms with Crippen LogP contribution in [0.3, 0.4) is 0 Å². The highest BCUT2D eigenvalue weighted by atomic mass is 19.1. The van der Waals surface area contributed by atoms with Crippen LogP contribution in [0.2, 0.25) is 0 Å². The van der Waals surface area contributed by atoms with Gasteiger partial charge in [0.1, 0.15) is 5.82 Å². The van der Waals surface area contributed by atoms with E-state index in [9.17, 15) is 9.50 Å². The standard InChI is InChI=1S/C15H15FN2O2/c16-11-3-1-2-9-12-6-17-8-18(12)15(14(9)11)10-7-20-5-4-13(10)19/h1-3,6,8,10,13,15,19H,4-5,7H2/t10-,13-,15-/m1/s1. The number of aromatic nitrogens is 2. The Hall–Kier alpha value is -1.72. The van der Waals surface area contributed by atoms with Crippen LogP contribution >= 0.6 is 0 Å². The van der Waals surface area contributed by atoms with Crippen molar-refractivity contribution in [2.24, 2.45) is 5.92 Å². The zero-order valence-electron chi connectivity index (χ0n) is 10.9. The molecule has 0 radical (unpaired) electrons. The summed E-state index contributed by atoms with van der Waals surface area (Å²) < 4.78 is 21.8. The Kier molecular flexibility index (Phi) is 2.65. The van der Waals surface area contributed by atoms with Crippen LogP contribution in [-0.4, -0.2) is 34.0 Å². The van der Waals surface area contributed by atoms with Gasteiger partial charge in [-0.3, -0.25) is 0 Å². The molecule has 1 saturated heterocycles. The molecule has 3 atom stereocenters. The molecule has 1 aromatic heterocycles. The molecule has 4 rings (SSSR count). The lowest BCUT2D eigenvalue weighted by Gasteiger charge is -2.33. The number of aliphatic hydroxyl groups is 1. The van der Waals surface area contributed by atoms with E-state index >= 15 is 0 Å². The predicted molar refractivity (Wildman–Crippen MR) is 70.7 cm³/mol. The second kappa shape index (κ2) is 4.40. The fourth-order valence-corrected chi connectivity index (χ4v) is 3.41. The molecule has 104 valence electrons. The second-order valence-corrected chi connectivity index (χ2v) is 5.43. The molecule has 2 aliphatic heterocycles. The SMILES string of the molecule is O[C@@H]1CCOC[C@H]1[C@@H]1c2c(F)cccc2-c2cncn21. The Morgan fingerprint density at radius 1 is 1.40 bits per heavy atom. The number of benzene rings is 1. The summed E-state index contributed by atoms with van der Waals surface area (Å²) in [7, 11) is 0. The molecule has 2 aliphatic rings. The van der Waals surface area contributed by atoms with Crippen LogP contribution in [0.5, 0.6) is 0 Å². The van der Waals surface area contributed by atoms with Gasteiger partial charge in [0.15, 0.2) is 0 Å². The van der Waals surface area contributed by atoms with Crippen LogP contribution in [0, 0.1) is 11.7 Å². The van der Waals surface area contributed by atoms with E-state index in [0.29, 0.717) is 25.2 Å². The average Bonchev–Trinajstić information content (AvgIpc) is 3.01. The molecule has 5 heteroatoms. The summed E-state index contributed by atoms with van der Waals surface area (Å²) in [5.74, 6) is -0.371. The molecular formula is C15H15FN2O2. The summed E-state index contributed by atoms with van der Waals surface area (Å²) in [5.41, 5.74) is 2.42. The molecule has 1 fully saturated rings. The average molecular weight is 274 g/mol. The first-order valence-corrected chi connectivity index (χ1v) is 6.84. The third-order valence-electron chi connectivity index (χ3n) is 4.36. The lowest BCUT2D eigenvalue weighted by molar-refractivity contribution is -0.0484. The molecule has 0 saturated carbocycles. The predicted octanol–water partition coefficient (Wildman–Crippen LogP) is 1.99. The lowest BCUT2D eigenvalue weighted by Crippen LogP contribution is -2.37. The molecule has 0 bridgehead atoms. The van der Waals surface area contributed by atoms with E-state index in [-0.39, 0.29) is 17.8 Å². The maximum Gasteiger partial charge on any atom is 0.129 e. The molecule has 2 aromatic rings. The molecule has 0 aliphatic carbocycles. The lowest BCUT2D eigenvalue weighted by atomic mass is 9.86. The van der Waals surface area contributed by atoms with Gasteiger partial charge in [0, 0.05) is 23.7 Å². The van der Waals surface area contributed by atoms with Crippen molar-refractivity contribution >= 4 is 0 Å². The van der Waals surface area contributed by atoms with Crippen LogP contribution < -0.4 is 0 Å².